The molecule has 8 heteroatoms. The van der Waals surface area contributed by atoms with Crippen molar-refractivity contribution in [3.05, 3.63) is 47.7 Å². The Kier molecular flexibility index (Phi) is 5.76. The van der Waals surface area contributed by atoms with Crippen LogP contribution < -0.4 is 15.4 Å². The standard InChI is InChI=1S/C25H30N6O2/c1-30-7-6-17-10-23(33-3)22(9-19(17)15-30)29-25-27-13-18-4-5-20(11-21(18)28-25)26-12-16-8-24(32)31(2)14-16/h4-5,9-11,13,16,26H,6-8,12,14-15H2,1-3H3,(H,27,28,29). The number of fused-ring (bicyclic) bond motifs is 2. The van der Waals surface area contributed by atoms with Crippen molar-refractivity contribution in [2.24, 2.45) is 5.92 Å². The number of likely N-dealkylation sites (tertiary alicyclic amines) is 1. The Hall–Kier alpha value is -3.39. The lowest BCUT2D eigenvalue weighted by atomic mass is 9.99. The molecular formula is C25H30N6O2. The van der Waals surface area contributed by atoms with Gasteiger partial charge in [-0.3, -0.25) is 4.79 Å². The molecule has 2 aliphatic rings. The molecule has 3 aromatic rings. The van der Waals surface area contributed by atoms with Gasteiger partial charge in [-0.25, -0.2) is 9.97 Å². The van der Waals surface area contributed by atoms with Gasteiger partial charge in [-0.1, -0.05) is 0 Å². The second-order valence-electron chi connectivity index (χ2n) is 9.13. The number of carbonyl (C=O) groups is 1. The summed E-state index contributed by atoms with van der Waals surface area (Å²) in [6.45, 7) is 3.54. The summed E-state index contributed by atoms with van der Waals surface area (Å²) in [4.78, 5) is 25.1. The second-order valence-corrected chi connectivity index (χ2v) is 9.13. The maximum atomic E-state index is 11.8. The Morgan fingerprint density at radius 1 is 1.18 bits per heavy atom. The van der Waals surface area contributed by atoms with E-state index in [0.717, 1.165) is 60.6 Å². The third-order valence-electron chi connectivity index (χ3n) is 6.57. The summed E-state index contributed by atoms with van der Waals surface area (Å²) in [5, 5.41) is 7.79. The van der Waals surface area contributed by atoms with Crippen molar-refractivity contribution in [1.29, 1.82) is 0 Å². The molecule has 2 N–H and O–H groups in total. The van der Waals surface area contributed by atoms with Gasteiger partial charge in [0.15, 0.2) is 0 Å². The molecule has 1 atom stereocenters. The molecule has 33 heavy (non-hydrogen) atoms. The van der Waals surface area contributed by atoms with Gasteiger partial charge in [0, 0.05) is 62.8 Å². The van der Waals surface area contributed by atoms with E-state index in [2.05, 4.69) is 39.7 Å². The fourth-order valence-corrected chi connectivity index (χ4v) is 4.66. The third-order valence-corrected chi connectivity index (χ3v) is 6.57. The lowest BCUT2D eigenvalue weighted by Gasteiger charge is -2.26. The van der Waals surface area contributed by atoms with Crippen LogP contribution in [-0.2, 0) is 17.8 Å². The molecule has 8 nitrogen and oxygen atoms in total. The fourth-order valence-electron chi connectivity index (χ4n) is 4.66. The number of hydrogen-bond acceptors (Lipinski definition) is 7. The first-order chi connectivity index (χ1) is 16.0. The molecule has 0 saturated carbocycles. The molecule has 1 saturated heterocycles. The number of hydrogen-bond donors (Lipinski definition) is 2. The summed E-state index contributed by atoms with van der Waals surface area (Å²) in [5.41, 5.74) is 5.35. The molecule has 1 unspecified atom stereocenters. The lowest BCUT2D eigenvalue weighted by molar-refractivity contribution is -0.126. The first kappa shape index (κ1) is 21.5. The Bertz CT molecular complexity index is 1200. The van der Waals surface area contributed by atoms with Gasteiger partial charge in [0.1, 0.15) is 5.75 Å². The number of carbonyl (C=O) groups excluding carboxylic acids is 1. The van der Waals surface area contributed by atoms with E-state index < -0.39 is 0 Å². The first-order valence-corrected chi connectivity index (χ1v) is 11.4. The number of aromatic nitrogens is 2. The Morgan fingerprint density at radius 3 is 2.85 bits per heavy atom. The quantitative estimate of drug-likeness (QED) is 0.601. The van der Waals surface area contributed by atoms with Crippen molar-refractivity contribution in [2.45, 2.75) is 19.4 Å². The maximum Gasteiger partial charge on any atom is 0.227 e. The van der Waals surface area contributed by atoms with Crippen molar-refractivity contribution in [2.75, 3.05) is 51.5 Å². The van der Waals surface area contributed by atoms with E-state index >= 15 is 0 Å². The first-order valence-electron chi connectivity index (χ1n) is 11.4. The highest BCUT2D eigenvalue weighted by molar-refractivity contribution is 5.83. The molecule has 1 aromatic heterocycles. The van der Waals surface area contributed by atoms with Crippen LogP contribution in [0.1, 0.15) is 17.5 Å². The number of nitrogens with one attached hydrogen (secondary N) is 2. The van der Waals surface area contributed by atoms with Crippen LogP contribution in [0, 0.1) is 5.92 Å². The minimum absolute atomic E-state index is 0.216. The third kappa shape index (κ3) is 4.57. The zero-order valence-electron chi connectivity index (χ0n) is 19.4. The lowest BCUT2D eigenvalue weighted by Crippen LogP contribution is -2.26. The normalized spacial score (nSPS) is 18.5. The van der Waals surface area contributed by atoms with E-state index in [4.69, 9.17) is 9.72 Å². The van der Waals surface area contributed by atoms with Gasteiger partial charge in [0.2, 0.25) is 11.9 Å². The zero-order valence-corrected chi connectivity index (χ0v) is 19.4. The van der Waals surface area contributed by atoms with Crippen molar-refractivity contribution in [3.63, 3.8) is 0 Å². The van der Waals surface area contributed by atoms with Crippen LogP contribution in [0.2, 0.25) is 0 Å². The molecule has 0 bridgehead atoms. The summed E-state index contributed by atoms with van der Waals surface area (Å²) in [5.74, 6) is 1.88. The number of anilines is 3. The van der Waals surface area contributed by atoms with Crippen LogP contribution in [0.3, 0.4) is 0 Å². The highest BCUT2D eigenvalue weighted by Gasteiger charge is 2.26. The van der Waals surface area contributed by atoms with E-state index in [1.807, 2.05) is 31.4 Å². The van der Waals surface area contributed by atoms with Gasteiger partial charge >= 0.3 is 0 Å². The number of amides is 1. The van der Waals surface area contributed by atoms with E-state index in [1.54, 1.807) is 12.0 Å². The highest BCUT2D eigenvalue weighted by atomic mass is 16.5. The van der Waals surface area contributed by atoms with Crippen LogP contribution in [0.15, 0.2) is 36.5 Å². The molecule has 172 valence electrons. The summed E-state index contributed by atoms with van der Waals surface area (Å²) in [6, 6.07) is 10.3. The number of rotatable bonds is 6. The minimum atomic E-state index is 0.216. The number of benzene rings is 2. The van der Waals surface area contributed by atoms with Gasteiger partial charge < -0.3 is 25.2 Å². The van der Waals surface area contributed by atoms with Crippen molar-refractivity contribution in [3.8, 4) is 5.75 Å². The molecule has 1 amide bonds. The van der Waals surface area contributed by atoms with Crippen LogP contribution in [0.4, 0.5) is 17.3 Å². The largest absolute Gasteiger partial charge is 0.495 e. The summed E-state index contributed by atoms with van der Waals surface area (Å²) in [7, 11) is 5.69. The number of ether oxygens (including phenoxy) is 1. The average Bonchev–Trinajstić information content (AvgIpc) is 3.14. The van der Waals surface area contributed by atoms with Gasteiger partial charge in [-0.15, -0.1) is 0 Å². The smallest absolute Gasteiger partial charge is 0.227 e. The fraction of sp³-hybridized carbons (Fsp3) is 0.400. The number of nitrogens with zero attached hydrogens (tertiary/aromatic N) is 4. The average molecular weight is 447 g/mol. The Morgan fingerprint density at radius 2 is 2.06 bits per heavy atom. The van der Waals surface area contributed by atoms with Gasteiger partial charge in [0.05, 0.1) is 18.3 Å². The second kappa shape index (κ2) is 8.86. The summed E-state index contributed by atoms with van der Waals surface area (Å²) >= 11 is 0. The predicted octanol–water partition coefficient (Wildman–Crippen LogP) is 3.26. The molecule has 0 aliphatic carbocycles. The molecule has 0 spiro atoms. The van der Waals surface area contributed by atoms with Crippen molar-refractivity contribution < 1.29 is 9.53 Å². The summed E-state index contributed by atoms with van der Waals surface area (Å²) in [6.07, 6.45) is 3.46. The van der Waals surface area contributed by atoms with Gasteiger partial charge in [-0.2, -0.15) is 0 Å². The Labute approximate surface area is 194 Å². The summed E-state index contributed by atoms with van der Waals surface area (Å²) < 4.78 is 5.64. The van der Waals surface area contributed by atoms with Crippen molar-refractivity contribution in [1.82, 2.24) is 19.8 Å². The molecule has 1 fully saturated rings. The topological polar surface area (TPSA) is 82.6 Å². The van der Waals surface area contributed by atoms with E-state index in [1.165, 1.54) is 11.1 Å². The van der Waals surface area contributed by atoms with Crippen molar-refractivity contribution >= 4 is 34.1 Å². The van der Waals surface area contributed by atoms with Gasteiger partial charge in [-0.05, 0) is 54.9 Å². The van der Waals surface area contributed by atoms with E-state index in [0.29, 0.717) is 18.3 Å². The maximum absolute atomic E-state index is 11.8. The molecule has 2 aliphatic heterocycles. The van der Waals surface area contributed by atoms with Gasteiger partial charge in [0.25, 0.3) is 0 Å². The predicted molar refractivity (Wildman–Crippen MR) is 130 cm³/mol. The molecule has 3 heterocycles. The molecular weight excluding hydrogens is 416 g/mol. The minimum Gasteiger partial charge on any atom is -0.495 e. The number of methoxy groups -OCH3 is 1. The molecule has 5 rings (SSSR count). The van der Waals surface area contributed by atoms with Crippen LogP contribution in [0.5, 0.6) is 5.75 Å². The van der Waals surface area contributed by atoms with Crippen LogP contribution >= 0.6 is 0 Å². The molecule has 2 aromatic carbocycles. The number of likely N-dealkylation sites (N-methyl/N-ethyl adjacent to an activating group) is 1. The van der Waals surface area contributed by atoms with Crippen LogP contribution in [-0.4, -0.2) is 66.5 Å². The zero-order chi connectivity index (χ0) is 22.9. The molecule has 0 radical (unpaired) electrons. The van der Waals surface area contributed by atoms with E-state index in [9.17, 15) is 4.79 Å². The monoisotopic (exact) mass is 446 g/mol. The highest BCUT2D eigenvalue weighted by Crippen LogP contribution is 2.33. The SMILES string of the molecule is COc1cc2c(cc1Nc1ncc3ccc(NCC4CC(=O)N(C)C4)cc3n1)CN(C)CC2. The van der Waals surface area contributed by atoms with E-state index in [-0.39, 0.29) is 5.91 Å². The van der Waals surface area contributed by atoms with Crippen LogP contribution in [0.25, 0.3) is 10.9 Å². The Balaban J connectivity index is 1.35.